The van der Waals surface area contributed by atoms with E-state index in [-0.39, 0.29) is 0 Å². The summed E-state index contributed by atoms with van der Waals surface area (Å²) in [6.45, 7) is 2.99. The van der Waals surface area contributed by atoms with E-state index in [0.717, 1.165) is 38.2 Å². The van der Waals surface area contributed by atoms with E-state index in [2.05, 4.69) is 44.8 Å². The van der Waals surface area contributed by atoms with Crippen LogP contribution in [0.3, 0.4) is 0 Å². The van der Waals surface area contributed by atoms with Gasteiger partial charge in [-0.2, -0.15) is 0 Å². The van der Waals surface area contributed by atoms with Crippen LogP contribution in [-0.2, 0) is 6.42 Å². The second-order valence-electron chi connectivity index (χ2n) is 5.69. The number of benzene rings is 1. The number of para-hydroxylation sites is 1. The minimum absolute atomic E-state index is 0.588. The SMILES string of the molecule is COc1ccc(NC(=S)NCCCN2CCc3ccccc32)cn1. The van der Waals surface area contributed by atoms with Crippen LogP contribution in [0.2, 0.25) is 0 Å². The van der Waals surface area contributed by atoms with Crippen molar-refractivity contribution in [3.8, 4) is 5.88 Å². The van der Waals surface area contributed by atoms with E-state index in [9.17, 15) is 0 Å². The number of methoxy groups -OCH3 is 1. The first-order valence-electron chi connectivity index (χ1n) is 8.14. The summed E-state index contributed by atoms with van der Waals surface area (Å²) in [7, 11) is 1.60. The van der Waals surface area contributed by atoms with Crippen molar-refractivity contribution in [2.24, 2.45) is 0 Å². The van der Waals surface area contributed by atoms with Gasteiger partial charge in [0.15, 0.2) is 5.11 Å². The zero-order chi connectivity index (χ0) is 16.8. The van der Waals surface area contributed by atoms with E-state index in [1.54, 1.807) is 19.4 Å². The van der Waals surface area contributed by atoms with Gasteiger partial charge >= 0.3 is 0 Å². The van der Waals surface area contributed by atoms with Gasteiger partial charge in [0.1, 0.15) is 0 Å². The van der Waals surface area contributed by atoms with Crippen molar-refractivity contribution >= 4 is 28.7 Å². The molecular weight excluding hydrogens is 320 g/mol. The Kier molecular flexibility index (Phi) is 5.48. The molecule has 5 nitrogen and oxygen atoms in total. The van der Waals surface area contributed by atoms with E-state index in [1.165, 1.54) is 11.3 Å². The highest BCUT2D eigenvalue weighted by molar-refractivity contribution is 7.80. The number of fused-ring (bicyclic) bond motifs is 1. The van der Waals surface area contributed by atoms with Gasteiger partial charge in [0.25, 0.3) is 0 Å². The Balaban J connectivity index is 1.38. The van der Waals surface area contributed by atoms with Crippen LogP contribution < -0.4 is 20.3 Å². The van der Waals surface area contributed by atoms with Crippen LogP contribution in [-0.4, -0.2) is 36.8 Å². The maximum absolute atomic E-state index is 5.31. The molecule has 126 valence electrons. The Bertz CT molecular complexity index is 690. The topological polar surface area (TPSA) is 49.4 Å². The van der Waals surface area contributed by atoms with Crippen LogP contribution in [0.15, 0.2) is 42.6 Å². The third-order valence-corrected chi connectivity index (χ3v) is 4.32. The summed E-state index contributed by atoms with van der Waals surface area (Å²) < 4.78 is 5.04. The molecule has 2 heterocycles. The van der Waals surface area contributed by atoms with E-state index in [0.29, 0.717) is 11.0 Å². The summed E-state index contributed by atoms with van der Waals surface area (Å²) in [5.41, 5.74) is 3.68. The number of aromatic nitrogens is 1. The standard InChI is InChI=1S/C18H22N4OS/c1-23-17-8-7-15(13-20-17)21-18(24)19-10-4-11-22-12-9-14-5-2-3-6-16(14)22/h2-3,5-8,13H,4,9-12H2,1H3,(H2,19,21,24). The van der Waals surface area contributed by atoms with E-state index in [1.807, 2.05) is 6.07 Å². The average Bonchev–Trinajstić information content (AvgIpc) is 3.03. The molecule has 3 rings (SSSR count). The van der Waals surface area contributed by atoms with E-state index < -0.39 is 0 Å². The first-order chi connectivity index (χ1) is 11.8. The third kappa shape index (κ3) is 4.14. The number of ether oxygens (including phenoxy) is 1. The fourth-order valence-electron chi connectivity index (χ4n) is 2.86. The first-order valence-corrected chi connectivity index (χ1v) is 8.55. The summed E-state index contributed by atoms with van der Waals surface area (Å²) in [4.78, 5) is 6.59. The van der Waals surface area contributed by atoms with Crippen LogP contribution in [0.25, 0.3) is 0 Å². The molecule has 0 bridgehead atoms. The maximum Gasteiger partial charge on any atom is 0.213 e. The summed E-state index contributed by atoms with van der Waals surface area (Å²) in [5.74, 6) is 0.588. The van der Waals surface area contributed by atoms with Gasteiger partial charge in [-0.15, -0.1) is 0 Å². The van der Waals surface area contributed by atoms with Crippen LogP contribution >= 0.6 is 12.2 Å². The molecule has 0 radical (unpaired) electrons. The van der Waals surface area contributed by atoms with Crippen molar-refractivity contribution in [1.82, 2.24) is 10.3 Å². The van der Waals surface area contributed by atoms with Crippen LogP contribution in [0.1, 0.15) is 12.0 Å². The van der Waals surface area contributed by atoms with E-state index in [4.69, 9.17) is 17.0 Å². The molecule has 0 amide bonds. The molecule has 24 heavy (non-hydrogen) atoms. The highest BCUT2D eigenvalue weighted by Crippen LogP contribution is 2.27. The number of hydrogen-bond donors (Lipinski definition) is 2. The van der Waals surface area contributed by atoms with Crippen LogP contribution in [0.5, 0.6) is 5.88 Å². The fraction of sp³-hybridized carbons (Fsp3) is 0.333. The lowest BCUT2D eigenvalue weighted by Gasteiger charge is -2.19. The number of rotatable bonds is 6. The lowest BCUT2D eigenvalue weighted by atomic mass is 10.2. The Hall–Kier alpha value is -2.34. The first kappa shape index (κ1) is 16.5. The van der Waals surface area contributed by atoms with Crippen molar-refractivity contribution in [3.05, 3.63) is 48.2 Å². The van der Waals surface area contributed by atoms with Crippen LogP contribution in [0, 0.1) is 0 Å². The molecule has 1 aromatic heterocycles. The molecule has 0 saturated carbocycles. The maximum atomic E-state index is 5.31. The number of pyridine rings is 1. The zero-order valence-electron chi connectivity index (χ0n) is 13.8. The third-order valence-electron chi connectivity index (χ3n) is 4.08. The number of anilines is 2. The molecule has 0 aliphatic carbocycles. The molecule has 1 aliphatic heterocycles. The lowest BCUT2D eigenvalue weighted by molar-refractivity contribution is 0.398. The van der Waals surface area contributed by atoms with Crippen molar-refractivity contribution < 1.29 is 4.74 Å². The normalized spacial score (nSPS) is 12.6. The van der Waals surface area contributed by atoms with Gasteiger partial charge < -0.3 is 20.3 Å². The summed E-state index contributed by atoms with van der Waals surface area (Å²) >= 11 is 5.31. The van der Waals surface area contributed by atoms with Crippen molar-refractivity contribution in [3.63, 3.8) is 0 Å². The highest BCUT2D eigenvalue weighted by atomic mass is 32.1. The summed E-state index contributed by atoms with van der Waals surface area (Å²) in [6, 6.07) is 12.3. The second-order valence-corrected chi connectivity index (χ2v) is 6.10. The molecule has 0 saturated heterocycles. The van der Waals surface area contributed by atoms with Gasteiger partial charge in [-0.1, -0.05) is 18.2 Å². The van der Waals surface area contributed by atoms with Gasteiger partial charge in [-0.25, -0.2) is 4.98 Å². The number of thiocarbonyl (C=S) groups is 1. The molecule has 2 N–H and O–H groups in total. The quantitative estimate of drug-likeness (QED) is 0.622. The predicted octanol–water partition coefficient (Wildman–Crippen LogP) is 2.83. The molecular formula is C18H22N4OS. The molecule has 0 fully saturated rings. The molecule has 0 unspecified atom stereocenters. The fourth-order valence-corrected chi connectivity index (χ4v) is 3.08. The minimum atomic E-state index is 0.588. The minimum Gasteiger partial charge on any atom is -0.481 e. The smallest absolute Gasteiger partial charge is 0.213 e. The number of hydrogen-bond acceptors (Lipinski definition) is 4. The Labute approximate surface area is 148 Å². The average molecular weight is 342 g/mol. The molecule has 6 heteroatoms. The molecule has 1 aromatic carbocycles. The second kappa shape index (κ2) is 7.97. The highest BCUT2D eigenvalue weighted by Gasteiger charge is 2.17. The van der Waals surface area contributed by atoms with Gasteiger partial charge in [0.2, 0.25) is 5.88 Å². The van der Waals surface area contributed by atoms with E-state index >= 15 is 0 Å². The number of nitrogens with zero attached hydrogens (tertiary/aromatic N) is 2. The van der Waals surface area contributed by atoms with Crippen molar-refractivity contribution in [1.29, 1.82) is 0 Å². The zero-order valence-corrected chi connectivity index (χ0v) is 14.6. The van der Waals surface area contributed by atoms with Crippen molar-refractivity contribution in [2.75, 3.05) is 37.0 Å². The van der Waals surface area contributed by atoms with Gasteiger partial charge in [-0.3, -0.25) is 0 Å². The summed E-state index contributed by atoms with van der Waals surface area (Å²) in [6.07, 6.45) is 3.89. The molecule has 0 atom stereocenters. The van der Waals surface area contributed by atoms with Gasteiger partial charge in [0, 0.05) is 31.4 Å². The Morgan fingerprint density at radius 3 is 2.96 bits per heavy atom. The van der Waals surface area contributed by atoms with Gasteiger partial charge in [0.05, 0.1) is 19.0 Å². The Morgan fingerprint density at radius 2 is 2.17 bits per heavy atom. The molecule has 1 aliphatic rings. The van der Waals surface area contributed by atoms with Crippen LogP contribution in [0.4, 0.5) is 11.4 Å². The molecule has 0 spiro atoms. The predicted molar refractivity (Wildman–Crippen MR) is 102 cm³/mol. The summed E-state index contributed by atoms with van der Waals surface area (Å²) in [5, 5.41) is 6.98. The largest absolute Gasteiger partial charge is 0.481 e. The lowest BCUT2D eigenvalue weighted by Crippen LogP contribution is -2.32. The monoisotopic (exact) mass is 342 g/mol. The van der Waals surface area contributed by atoms with Crippen molar-refractivity contribution in [2.45, 2.75) is 12.8 Å². The molecule has 2 aromatic rings. The Morgan fingerprint density at radius 1 is 1.29 bits per heavy atom. The number of nitrogens with one attached hydrogen (secondary N) is 2. The van der Waals surface area contributed by atoms with Gasteiger partial charge in [-0.05, 0) is 42.8 Å².